The molecule has 1 atom stereocenters. The molecule has 0 aromatic heterocycles. The Bertz CT molecular complexity index is 1190. The number of aliphatic hydroxyl groups excluding tert-OH is 1. The monoisotopic (exact) mass is 495 g/mol. The Morgan fingerprint density at radius 1 is 0.889 bits per heavy atom. The smallest absolute Gasteiger partial charge is 0.187 e. The number of allylic oxidation sites excluding steroid dienone is 5. The summed E-state index contributed by atoms with van der Waals surface area (Å²) in [6.45, 7) is 8.17. The molecular formula is C33H36O2P+. The molecule has 0 saturated carbocycles. The first kappa shape index (κ1) is 26.0. The molecule has 4 rings (SSSR count). The van der Waals surface area contributed by atoms with Gasteiger partial charge in [-0.2, -0.15) is 0 Å². The average Bonchev–Trinajstić information content (AvgIpc) is 2.89. The number of benzene rings is 3. The van der Waals surface area contributed by atoms with Crippen molar-refractivity contribution in [2.24, 2.45) is 5.41 Å². The normalized spacial score (nSPS) is 18.6. The van der Waals surface area contributed by atoms with Crippen molar-refractivity contribution in [3.05, 3.63) is 126 Å². The van der Waals surface area contributed by atoms with Gasteiger partial charge in [-0.25, -0.2) is 0 Å². The highest BCUT2D eigenvalue weighted by atomic mass is 31.2. The molecule has 3 aromatic rings. The number of ketones is 1. The summed E-state index contributed by atoms with van der Waals surface area (Å²) in [5.41, 5.74) is 2.60. The summed E-state index contributed by atoms with van der Waals surface area (Å²) < 4.78 is 0. The second-order valence-electron chi connectivity index (χ2n) is 10.3. The Morgan fingerprint density at radius 2 is 1.33 bits per heavy atom. The molecule has 3 aromatic carbocycles. The Labute approximate surface area is 216 Å². The highest BCUT2D eigenvalue weighted by Crippen LogP contribution is 2.55. The van der Waals surface area contributed by atoms with Crippen LogP contribution in [0.1, 0.15) is 34.1 Å². The van der Waals surface area contributed by atoms with Crippen molar-refractivity contribution in [3.63, 3.8) is 0 Å². The first-order chi connectivity index (χ1) is 17.3. The van der Waals surface area contributed by atoms with Gasteiger partial charge in [0.1, 0.15) is 29.3 Å². The zero-order chi connectivity index (χ0) is 25.8. The third-order valence-electron chi connectivity index (χ3n) is 7.30. The standard InChI is InChI=1S/C33H36O2P/c1-25(20-21-30-26(2)32(35)31(34)24-33(30,3)4)22-23-36(27-14-8-5-9-15-27,28-16-10-6-11-17-28)29-18-12-7-13-19-29/h5-22,31,34H,23-24H2,1-4H3/q+1. The molecule has 0 fully saturated rings. The zero-order valence-electron chi connectivity index (χ0n) is 21.7. The van der Waals surface area contributed by atoms with Crippen LogP contribution >= 0.6 is 7.26 Å². The van der Waals surface area contributed by atoms with Crippen molar-refractivity contribution in [2.75, 3.05) is 6.16 Å². The molecule has 0 heterocycles. The van der Waals surface area contributed by atoms with Gasteiger partial charge in [0.05, 0.1) is 6.16 Å². The molecule has 3 heteroatoms. The quantitative estimate of drug-likeness (QED) is 0.315. The lowest BCUT2D eigenvalue weighted by molar-refractivity contribution is -0.125. The minimum absolute atomic E-state index is 0.155. The fourth-order valence-corrected chi connectivity index (χ4v) is 9.43. The number of carbonyl (C=O) groups is 1. The first-order valence-electron chi connectivity index (χ1n) is 12.6. The zero-order valence-corrected chi connectivity index (χ0v) is 22.6. The molecule has 36 heavy (non-hydrogen) atoms. The maximum Gasteiger partial charge on any atom is 0.187 e. The molecule has 0 saturated heterocycles. The van der Waals surface area contributed by atoms with Crippen molar-refractivity contribution >= 4 is 29.0 Å². The molecule has 1 unspecified atom stereocenters. The third-order valence-corrected chi connectivity index (χ3v) is 11.6. The van der Waals surface area contributed by atoms with Gasteiger partial charge in [0.25, 0.3) is 0 Å². The molecule has 0 spiro atoms. The van der Waals surface area contributed by atoms with Gasteiger partial charge in [-0.15, -0.1) is 0 Å². The SMILES string of the molecule is CC(C=CC1=C(C)C(=O)C(O)CC1(C)C)=CC[P+](c1ccccc1)(c1ccccc1)c1ccccc1. The van der Waals surface area contributed by atoms with E-state index in [-0.39, 0.29) is 11.2 Å². The van der Waals surface area contributed by atoms with E-state index >= 15 is 0 Å². The third kappa shape index (κ3) is 5.21. The van der Waals surface area contributed by atoms with Gasteiger partial charge >= 0.3 is 0 Å². The van der Waals surface area contributed by atoms with Crippen LogP contribution in [-0.4, -0.2) is 23.2 Å². The number of rotatable bonds is 7. The van der Waals surface area contributed by atoms with Crippen LogP contribution in [0, 0.1) is 5.41 Å². The largest absolute Gasteiger partial charge is 0.385 e. The molecule has 0 amide bonds. The fraction of sp³-hybridized carbons (Fsp3) is 0.242. The predicted octanol–water partition coefficient (Wildman–Crippen LogP) is 6.16. The van der Waals surface area contributed by atoms with E-state index in [1.54, 1.807) is 0 Å². The van der Waals surface area contributed by atoms with Gasteiger partial charge < -0.3 is 5.11 Å². The van der Waals surface area contributed by atoms with Crippen LogP contribution in [0.3, 0.4) is 0 Å². The fourth-order valence-electron chi connectivity index (χ4n) is 5.30. The number of carbonyl (C=O) groups excluding carboxylic acids is 1. The summed E-state index contributed by atoms with van der Waals surface area (Å²) >= 11 is 0. The predicted molar refractivity (Wildman–Crippen MR) is 155 cm³/mol. The summed E-state index contributed by atoms with van der Waals surface area (Å²) in [4.78, 5) is 12.4. The molecule has 0 bridgehead atoms. The Hall–Kier alpha value is -3.06. The minimum atomic E-state index is -1.93. The van der Waals surface area contributed by atoms with Gasteiger partial charge in [-0.1, -0.05) is 86.2 Å². The molecule has 0 radical (unpaired) electrons. The highest BCUT2D eigenvalue weighted by Gasteiger charge is 2.44. The van der Waals surface area contributed by atoms with E-state index in [4.69, 9.17) is 0 Å². The van der Waals surface area contributed by atoms with Crippen molar-refractivity contribution < 1.29 is 9.90 Å². The summed E-state index contributed by atoms with van der Waals surface area (Å²) in [6, 6.07) is 32.7. The second kappa shape index (κ2) is 10.9. The van der Waals surface area contributed by atoms with Crippen LogP contribution in [0.5, 0.6) is 0 Å². The number of hydrogen-bond acceptors (Lipinski definition) is 2. The lowest BCUT2D eigenvalue weighted by Crippen LogP contribution is -2.35. The van der Waals surface area contributed by atoms with Gasteiger partial charge in [0.15, 0.2) is 5.78 Å². The van der Waals surface area contributed by atoms with E-state index in [1.807, 2.05) is 6.92 Å². The lowest BCUT2D eigenvalue weighted by atomic mass is 9.71. The van der Waals surface area contributed by atoms with E-state index in [9.17, 15) is 9.90 Å². The number of Topliss-reactive ketones (excluding diaryl/α,β-unsaturated/α-hetero) is 1. The maximum atomic E-state index is 12.4. The van der Waals surface area contributed by atoms with Crippen molar-refractivity contribution in [1.29, 1.82) is 0 Å². The van der Waals surface area contributed by atoms with Crippen LogP contribution in [0.4, 0.5) is 0 Å². The Balaban J connectivity index is 1.77. The molecule has 1 aliphatic carbocycles. The van der Waals surface area contributed by atoms with Crippen LogP contribution in [0.2, 0.25) is 0 Å². The highest BCUT2D eigenvalue weighted by molar-refractivity contribution is 7.95. The van der Waals surface area contributed by atoms with E-state index in [1.165, 1.54) is 15.9 Å². The molecule has 0 aliphatic heterocycles. The van der Waals surface area contributed by atoms with E-state index in [0.717, 1.165) is 17.3 Å². The van der Waals surface area contributed by atoms with Gasteiger partial charge in [0, 0.05) is 0 Å². The van der Waals surface area contributed by atoms with Crippen LogP contribution in [0.15, 0.2) is 126 Å². The van der Waals surface area contributed by atoms with Crippen LogP contribution in [0.25, 0.3) is 0 Å². The first-order valence-corrected chi connectivity index (χ1v) is 14.6. The molecule has 1 N–H and O–H groups in total. The van der Waals surface area contributed by atoms with E-state index < -0.39 is 13.4 Å². The maximum absolute atomic E-state index is 12.4. The van der Waals surface area contributed by atoms with E-state index in [0.29, 0.717) is 12.0 Å². The summed E-state index contributed by atoms with van der Waals surface area (Å²) in [6.07, 6.45) is 7.01. The lowest BCUT2D eigenvalue weighted by Gasteiger charge is -2.34. The van der Waals surface area contributed by atoms with Gasteiger partial charge in [-0.3, -0.25) is 4.79 Å². The number of aliphatic hydroxyl groups is 1. The average molecular weight is 496 g/mol. The van der Waals surface area contributed by atoms with Gasteiger partial charge in [-0.05, 0) is 79.3 Å². The van der Waals surface area contributed by atoms with Gasteiger partial charge in [0.2, 0.25) is 0 Å². The Kier molecular flexibility index (Phi) is 7.88. The summed E-state index contributed by atoms with van der Waals surface area (Å²) in [7, 11) is -1.93. The molecule has 2 nitrogen and oxygen atoms in total. The summed E-state index contributed by atoms with van der Waals surface area (Å²) in [5.74, 6) is -0.155. The summed E-state index contributed by atoms with van der Waals surface area (Å²) in [5, 5.41) is 14.3. The van der Waals surface area contributed by atoms with Crippen LogP contribution in [-0.2, 0) is 4.79 Å². The molecule has 1 aliphatic rings. The van der Waals surface area contributed by atoms with Crippen molar-refractivity contribution in [3.8, 4) is 0 Å². The second-order valence-corrected chi connectivity index (χ2v) is 13.8. The minimum Gasteiger partial charge on any atom is -0.385 e. The number of hydrogen-bond donors (Lipinski definition) is 1. The van der Waals surface area contributed by atoms with Crippen molar-refractivity contribution in [2.45, 2.75) is 40.2 Å². The van der Waals surface area contributed by atoms with Crippen LogP contribution < -0.4 is 15.9 Å². The van der Waals surface area contributed by atoms with Crippen molar-refractivity contribution in [1.82, 2.24) is 0 Å². The Morgan fingerprint density at radius 3 is 1.78 bits per heavy atom. The molecular weight excluding hydrogens is 459 g/mol. The van der Waals surface area contributed by atoms with E-state index in [2.05, 4.69) is 130 Å². The topological polar surface area (TPSA) is 37.3 Å². The molecule has 184 valence electrons.